The van der Waals surface area contributed by atoms with Gasteiger partial charge in [-0.05, 0) is 62.9 Å². The maximum Gasteiger partial charge on any atom is 0.123 e. The molecule has 1 saturated heterocycles. The van der Waals surface area contributed by atoms with Gasteiger partial charge in [-0.3, -0.25) is 4.90 Å². The van der Waals surface area contributed by atoms with Gasteiger partial charge < -0.3 is 5.11 Å². The van der Waals surface area contributed by atoms with Crippen LogP contribution in [0.15, 0.2) is 24.3 Å². The molecule has 1 aliphatic heterocycles. The molecule has 0 aromatic heterocycles. The van der Waals surface area contributed by atoms with Gasteiger partial charge >= 0.3 is 0 Å². The summed E-state index contributed by atoms with van der Waals surface area (Å²) in [6.45, 7) is 6.10. The van der Waals surface area contributed by atoms with Crippen molar-refractivity contribution in [1.82, 2.24) is 4.90 Å². The Morgan fingerprint density at radius 1 is 1.26 bits per heavy atom. The van der Waals surface area contributed by atoms with Crippen molar-refractivity contribution in [2.24, 2.45) is 5.92 Å². The molecule has 0 spiro atoms. The first-order chi connectivity index (χ1) is 9.11. The normalized spacial score (nSPS) is 21.3. The Morgan fingerprint density at radius 2 is 1.84 bits per heavy atom. The number of hydrogen-bond donors (Lipinski definition) is 1. The Morgan fingerprint density at radius 3 is 2.32 bits per heavy atom. The average Bonchev–Trinajstić information content (AvgIpc) is 2.42. The monoisotopic (exact) mass is 265 g/mol. The van der Waals surface area contributed by atoms with E-state index in [0.717, 1.165) is 32.4 Å². The molecule has 0 bridgehead atoms. The number of nitrogens with zero attached hydrogens (tertiary/aromatic N) is 1. The molecule has 2 atom stereocenters. The van der Waals surface area contributed by atoms with Gasteiger partial charge in [-0.25, -0.2) is 4.39 Å². The van der Waals surface area contributed by atoms with Crippen LogP contribution >= 0.6 is 0 Å². The first kappa shape index (κ1) is 14.5. The highest BCUT2D eigenvalue weighted by atomic mass is 19.1. The van der Waals surface area contributed by atoms with Crippen molar-refractivity contribution in [2.75, 3.05) is 13.1 Å². The first-order valence-corrected chi connectivity index (χ1v) is 7.29. The van der Waals surface area contributed by atoms with Gasteiger partial charge in [-0.15, -0.1) is 0 Å². The highest BCUT2D eigenvalue weighted by molar-refractivity contribution is 5.20. The molecular formula is C16H24FNO. The predicted octanol–water partition coefficient (Wildman–Crippen LogP) is 3.37. The van der Waals surface area contributed by atoms with Crippen LogP contribution in [0.4, 0.5) is 4.39 Å². The number of halogens is 1. The van der Waals surface area contributed by atoms with Crippen molar-refractivity contribution in [3.05, 3.63) is 35.6 Å². The van der Waals surface area contributed by atoms with Crippen molar-refractivity contribution in [1.29, 1.82) is 0 Å². The fraction of sp³-hybridized carbons (Fsp3) is 0.625. The lowest BCUT2D eigenvalue weighted by atomic mass is 9.90. The largest absolute Gasteiger partial charge is 0.393 e. The lowest BCUT2D eigenvalue weighted by Crippen LogP contribution is -2.39. The van der Waals surface area contributed by atoms with E-state index in [9.17, 15) is 9.50 Å². The van der Waals surface area contributed by atoms with Crippen molar-refractivity contribution in [3.8, 4) is 0 Å². The van der Waals surface area contributed by atoms with Gasteiger partial charge in [0.15, 0.2) is 0 Å². The van der Waals surface area contributed by atoms with Crippen LogP contribution in [-0.4, -0.2) is 29.2 Å². The van der Waals surface area contributed by atoms with Crippen LogP contribution in [0.2, 0.25) is 0 Å². The Bertz CT molecular complexity index is 382. The molecular weight excluding hydrogens is 241 g/mol. The molecule has 2 nitrogen and oxygen atoms in total. The highest BCUT2D eigenvalue weighted by Gasteiger charge is 2.27. The van der Waals surface area contributed by atoms with Crippen LogP contribution in [0.1, 0.15) is 44.7 Å². The Kier molecular flexibility index (Phi) is 4.94. The number of hydrogen-bond acceptors (Lipinski definition) is 2. The fourth-order valence-electron chi connectivity index (χ4n) is 3.10. The maximum absolute atomic E-state index is 13.0. The molecule has 1 heterocycles. The van der Waals surface area contributed by atoms with Crippen molar-refractivity contribution in [3.63, 3.8) is 0 Å². The number of benzene rings is 1. The summed E-state index contributed by atoms with van der Waals surface area (Å²) in [5, 5.41) is 9.65. The number of rotatable bonds is 4. The lowest BCUT2D eigenvalue weighted by Gasteiger charge is -2.38. The summed E-state index contributed by atoms with van der Waals surface area (Å²) in [6.07, 6.45) is 2.93. The molecule has 0 amide bonds. The molecule has 19 heavy (non-hydrogen) atoms. The molecule has 0 radical (unpaired) electrons. The van der Waals surface area contributed by atoms with Crippen LogP contribution < -0.4 is 0 Å². The second-order valence-electron chi connectivity index (χ2n) is 5.59. The Hall–Kier alpha value is -0.930. The molecule has 1 aliphatic rings. The van der Waals surface area contributed by atoms with E-state index < -0.39 is 0 Å². The van der Waals surface area contributed by atoms with Crippen LogP contribution in [0.25, 0.3) is 0 Å². The number of piperidine rings is 1. The molecule has 0 aliphatic carbocycles. The van der Waals surface area contributed by atoms with Crippen LogP contribution in [-0.2, 0) is 0 Å². The van der Waals surface area contributed by atoms with Gasteiger partial charge in [0, 0.05) is 6.04 Å². The van der Waals surface area contributed by atoms with Crippen molar-refractivity contribution < 1.29 is 9.50 Å². The van der Waals surface area contributed by atoms with Gasteiger partial charge in [-0.1, -0.05) is 19.1 Å². The quantitative estimate of drug-likeness (QED) is 0.902. The van der Waals surface area contributed by atoms with Gasteiger partial charge in [-0.2, -0.15) is 0 Å². The number of likely N-dealkylation sites (tertiary alicyclic amines) is 1. The number of aliphatic hydroxyl groups is 1. The third kappa shape index (κ3) is 3.54. The van der Waals surface area contributed by atoms with E-state index in [1.54, 1.807) is 12.1 Å². The fourth-order valence-corrected chi connectivity index (χ4v) is 3.10. The summed E-state index contributed by atoms with van der Waals surface area (Å²) in [4.78, 5) is 2.46. The van der Waals surface area contributed by atoms with Crippen molar-refractivity contribution >= 4 is 0 Å². The molecule has 1 fully saturated rings. The molecule has 0 unspecified atom stereocenters. The average molecular weight is 265 g/mol. The minimum absolute atomic E-state index is 0.175. The summed E-state index contributed by atoms with van der Waals surface area (Å²) in [6, 6.07) is 7.24. The van der Waals surface area contributed by atoms with E-state index in [1.165, 1.54) is 5.56 Å². The summed E-state index contributed by atoms with van der Waals surface area (Å²) >= 11 is 0. The topological polar surface area (TPSA) is 23.5 Å². The van der Waals surface area contributed by atoms with E-state index in [4.69, 9.17) is 0 Å². The zero-order valence-electron chi connectivity index (χ0n) is 11.8. The first-order valence-electron chi connectivity index (χ1n) is 7.29. The summed E-state index contributed by atoms with van der Waals surface area (Å²) in [7, 11) is 0. The maximum atomic E-state index is 13.0. The molecule has 1 N–H and O–H groups in total. The minimum Gasteiger partial charge on any atom is -0.393 e. The Balaban J connectivity index is 2.01. The second-order valence-corrected chi connectivity index (χ2v) is 5.59. The number of aliphatic hydroxyl groups excluding tert-OH is 1. The van der Waals surface area contributed by atoms with Crippen LogP contribution in [0, 0.1) is 11.7 Å². The SMILES string of the molecule is CC[C@H](c1ccc(F)cc1)N1CCC([C@H](C)O)CC1. The van der Waals surface area contributed by atoms with Gasteiger partial charge in [0.2, 0.25) is 0 Å². The smallest absolute Gasteiger partial charge is 0.123 e. The molecule has 2 rings (SSSR count). The standard InChI is InChI=1S/C16H24FNO/c1-3-16(14-4-6-15(17)7-5-14)18-10-8-13(9-11-18)12(2)19/h4-7,12-13,16,19H,3,8-11H2,1-2H3/t12-,16+/m0/s1. The molecule has 3 heteroatoms. The molecule has 106 valence electrons. The van der Waals surface area contributed by atoms with E-state index in [0.29, 0.717) is 12.0 Å². The van der Waals surface area contributed by atoms with E-state index in [-0.39, 0.29) is 11.9 Å². The van der Waals surface area contributed by atoms with Crippen LogP contribution in [0.3, 0.4) is 0 Å². The van der Waals surface area contributed by atoms with Crippen LogP contribution in [0.5, 0.6) is 0 Å². The van der Waals surface area contributed by atoms with Gasteiger partial charge in [0.25, 0.3) is 0 Å². The third-order valence-electron chi connectivity index (χ3n) is 4.34. The van der Waals surface area contributed by atoms with E-state index >= 15 is 0 Å². The van der Waals surface area contributed by atoms with E-state index in [2.05, 4.69) is 11.8 Å². The minimum atomic E-state index is -0.201. The summed E-state index contributed by atoms with van der Waals surface area (Å²) in [5.41, 5.74) is 1.19. The van der Waals surface area contributed by atoms with E-state index in [1.807, 2.05) is 19.1 Å². The zero-order valence-corrected chi connectivity index (χ0v) is 11.8. The second kappa shape index (κ2) is 6.49. The molecule has 1 aromatic carbocycles. The van der Waals surface area contributed by atoms with Crippen molar-refractivity contribution in [2.45, 2.75) is 45.3 Å². The predicted molar refractivity (Wildman–Crippen MR) is 75.4 cm³/mol. The lowest BCUT2D eigenvalue weighted by molar-refractivity contribution is 0.0545. The van der Waals surface area contributed by atoms with Gasteiger partial charge in [0.1, 0.15) is 5.82 Å². The molecule has 0 saturated carbocycles. The Labute approximate surface area is 115 Å². The molecule has 1 aromatic rings. The highest BCUT2D eigenvalue weighted by Crippen LogP contribution is 2.30. The summed E-state index contributed by atoms with van der Waals surface area (Å²) in [5.74, 6) is 0.258. The summed E-state index contributed by atoms with van der Waals surface area (Å²) < 4.78 is 13.0. The van der Waals surface area contributed by atoms with Gasteiger partial charge in [0.05, 0.1) is 6.10 Å². The third-order valence-corrected chi connectivity index (χ3v) is 4.34. The zero-order chi connectivity index (χ0) is 13.8.